The fourth-order valence-corrected chi connectivity index (χ4v) is 3.11. The SMILES string of the molecule is CNC(=O)Cc1ccc(NC(=O)c2cc(C)n(Cc3ccccn3)c2C)cc1. The number of aromatic nitrogens is 2. The lowest BCUT2D eigenvalue weighted by molar-refractivity contribution is -0.119. The van der Waals surface area contributed by atoms with Gasteiger partial charge in [0.25, 0.3) is 5.91 Å². The van der Waals surface area contributed by atoms with Gasteiger partial charge in [0.1, 0.15) is 0 Å². The molecule has 144 valence electrons. The number of hydrogen-bond acceptors (Lipinski definition) is 3. The lowest BCUT2D eigenvalue weighted by Crippen LogP contribution is -2.19. The number of amides is 2. The molecule has 0 spiro atoms. The number of nitrogens with zero attached hydrogens (tertiary/aromatic N) is 2. The lowest BCUT2D eigenvalue weighted by Gasteiger charge is -2.10. The van der Waals surface area contributed by atoms with E-state index in [0.29, 0.717) is 24.2 Å². The third-order valence-corrected chi connectivity index (χ3v) is 4.72. The summed E-state index contributed by atoms with van der Waals surface area (Å²) in [5.74, 6) is -0.198. The largest absolute Gasteiger partial charge is 0.359 e. The number of rotatable bonds is 6. The summed E-state index contributed by atoms with van der Waals surface area (Å²) in [4.78, 5) is 28.6. The molecule has 0 radical (unpaired) electrons. The highest BCUT2D eigenvalue weighted by molar-refractivity contribution is 6.05. The molecule has 2 N–H and O–H groups in total. The van der Waals surface area contributed by atoms with E-state index in [0.717, 1.165) is 22.6 Å². The lowest BCUT2D eigenvalue weighted by atomic mass is 10.1. The van der Waals surface area contributed by atoms with Gasteiger partial charge in [0, 0.05) is 30.3 Å². The summed E-state index contributed by atoms with van der Waals surface area (Å²) in [6.07, 6.45) is 2.09. The van der Waals surface area contributed by atoms with E-state index in [9.17, 15) is 9.59 Å². The molecule has 0 aliphatic rings. The van der Waals surface area contributed by atoms with Crippen molar-refractivity contribution in [1.29, 1.82) is 0 Å². The predicted molar refractivity (Wildman–Crippen MR) is 109 cm³/mol. The van der Waals surface area contributed by atoms with Crippen LogP contribution in [-0.2, 0) is 17.8 Å². The highest BCUT2D eigenvalue weighted by Crippen LogP contribution is 2.19. The summed E-state index contributed by atoms with van der Waals surface area (Å²) in [5, 5.41) is 5.53. The third-order valence-electron chi connectivity index (χ3n) is 4.72. The van der Waals surface area contributed by atoms with Crippen molar-refractivity contribution in [2.24, 2.45) is 0 Å². The molecule has 6 nitrogen and oxygen atoms in total. The number of carbonyl (C=O) groups is 2. The fraction of sp³-hybridized carbons (Fsp3) is 0.227. The molecule has 1 aromatic carbocycles. The van der Waals surface area contributed by atoms with E-state index < -0.39 is 0 Å². The molecule has 2 heterocycles. The van der Waals surface area contributed by atoms with Crippen LogP contribution < -0.4 is 10.6 Å². The molecule has 0 fully saturated rings. The Bertz CT molecular complexity index is 976. The van der Waals surface area contributed by atoms with Gasteiger partial charge in [-0.25, -0.2) is 0 Å². The molecule has 0 atom stereocenters. The Balaban J connectivity index is 1.72. The monoisotopic (exact) mass is 376 g/mol. The highest BCUT2D eigenvalue weighted by Gasteiger charge is 2.16. The van der Waals surface area contributed by atoms with Gasteiger partial charge in [0.15, 0.2) is 0 Å². The molecule has 0 saturated carbocycles. The number of pyridine rings is 1. The minimum Gasteiger partial charge on any atom is -0.359 e. The zero-order valence-corrected chi connectivity index (χ0v) is 16.3. The van der Waals surface area contributed by atoms with E-state index in [1.807, 2.05) is 62.4 Å². The Labute approximate surface area is 164 Å². The fourth-order valence-electron chi connectivity index (χ4n) is 3.11. The first-order valence-electron chi connectivity index (χ1n) is 9.15. The van der Waals surface area contributed by atoms with E-state index in [1.54, 1.807) is 13.2 Å². The van der Waals surface area contributed by atoms with Crippen molar-refractivity contribution in [2.45, 2.75) is 26.8 Å². The van der Waals surface area contributed by atoms with Crippen LogP contribution in [-0.4, -0.2) is 28.4 Å². The Morgan fingerprint density at radius 1 is 1.07 bits per heavy atom. The van der Waals surface area contributed by atoms with E-state index in [-0.39, 0.29) is 11.8 Å². The van der Waals surface area contributed by atoms with Crippen molar-refractivity contribution in [1.82, 2.24) is 14.9 Å². The first-order chi connectivity index (χ1) is 13.5. The van der Waals surface area contributed by atoms with Crippen LogP contribution in [0.3, 0.4) is 0 Å². The van der Waals surface area contributed by atoms with Crippen molar-refractivity contribution in [3.05, 3.63) is 82.9 Å². The van der Waals surface area contributed by atoms with Gasteiger partial charge in [-0.2, -0.15) is 0 Å². The molecule has 6 heteroatoms. The van der Waals surface area contributed by atoms with Gasteiger partial charge in [0.2, 0.25) is 5.91 Å². The molecule has 0 aliphatic heterocycles. The molecule has 3 rings (SSSR count). The van der Waals surface area contributed by atoms with Crippen molar-refractivity contribution in [2.75, 3.05) is 12.4 Å². The van der Waals surface area contributed by atoms with Crippen molar-refractivity contribution in [3.8, 4) is 0 Å². The van der Waals surface area contributed by atoms with Gasteiger partial charge in [-0.3, -0.25) is 14.6 Å². The smallest absolute Gasteiger partial charge is 0.257 e. The molecule has 3 aromatic rings. The zero-order valence-electron chi connectivity index (χ0n) is 16.3. The highest BCUT2D eigenvalue weighted by atomic mass is 16.2. The van der Waals surface area contributed by atoms with Crippen LogP contribution in [0.15, 0.2) is 54.7 Å². The topological polar surface area (TPSA) is 76.0 Å². The number of hydrogen-bond donors (Lipinski definition) is 2. The van der Waals surface area contributed by atoms with Gasteiger partial charge in [-0.15, -0.1) is 0 Å². The maximum absolute atomic E-state index is 12.8. The van der Waals surface area contributed by atoms with Crippen LogP contribution in [0.1, 0.15) is 33.0 Å². The Hall–Kier alpha value is -3.41. The normalized spacial score (nSPS) is 10.5. The second kappa shape index (κ2) is 8.52. The average Bonchev–Trinajstić information content (AvgIpc) is 2.98. The molecule has 0 saturated heterocycles. The molecule has 0 bridgehead atoms. The average molecular weight is 376 g/mol. The summed E-state index contributed by atoms with van der Waals surface area (Å²) in [5.41, 5.74) is 5.09. The minimum atomic E-state index is -0.153. The molecule has 2 aromatic heterocycles. The van der Waals surface area contributed by atoms with Crippen molar-refractivity contribution in [3.63, 3.8) is 0 Å². The second-order valence-electron chi connectivity index (χ2n) is 6.69. The third kappa shape index (κ3) is 4.46. The quantitative estimate of drug-likeness (QED) is 0.694. The van der Waals surface area contributed by atoms with E-state index >= 15 is 0 Å². The second-order valence-corrected chi connectivity index (χ2v) is 6.69. The number of nitrogens with one attached hydrogen (secondary N) is 2. The molecule has 0 aliphatic carbocycles. The molecule has 2 amide bonds. The van der Waals surface area contributed by atoms with Gasteiger partial charge in [0.05, 0.1) is 24.2 Å². The first-order valence-corrected chi connectivity index (χ1v) is 9.15. The van der Waals surface area contributed by atoms with Crippen molar-refractivity contribution >= 4 is 17.5 Å². The van der Waals surface area contributed by atoms with Gasteiger partial charge in [-0.05, 0) is 49.7 Å². The summed E-state index contributed by atoms with van der Waals surface area (Å²) in [6, 6.07) is 15.0. The standard InChI is InChI=1S/C22H24N4O2/c1-15-12-20(16(2)26(15)14-19-6-4-5-11-24-19)22(28)25-18-9-7-17(8-10-18)13-21(27)23-3/h4-12H,13-14H2,1-3H3,(H,23,27)(H,25,28). The molecule has 0 unspecified atom stereocenters. The van der Waals surface area contributed by atoms with Crippen LogP contribution in [0.2, 0.25) is 0 Å². The molecule has 28 heavy (non-hydrogen) atoms. The van der Waals surface area contributed by atoms with E-state index in [2.05, 4.69) is 20.2 Å². The van der Waals surface area contributed by atoms with Crippen LogP contribution >= 0.6 is 0 Å². The number of likely N-dealkylation sites (N-methyl/N-ethyl adjacent to an activating group) is 1. The maximum atomic E-state index is 12.8. The molecular weight excluding hydrogens is 352 g/mol. The minimum absolute atomic E-state index is 0.0443. The summed E-state index contributed by atoms with van der Waals surface area (Å²) < 4.78 is 2.09. The van der Waals surface area contributed by atoms with Crippen LogP contribution in [0.4, 0.5) is 5.69 Å². The van der Waals surface area contributed by atoms with Gasteiger partial charge >= 0.3 is 0 Å². The zero-order chi connectivity index (χ0) is 20.1. The van der Waals surface area contributed by atoms with E-state index in [1.165, 1.54) is 0 Å². The van der Waals surface area contributed by atoms with Crippen LogP contribution in [0.5, 0.6) is 0 Å². The first kappa shape index (κ1) is 19.4. The van der Waals surface area contributed by atoms with Crippen LogP contribution in [0.25, 0.3) is 0 Å². The molecular formula is C22H24N4O2. The number of aryl methyl sites for hydroxylation is 1. The summed E-state index contributed by atoms with van der Waals surface area (Å²) in [6.45, 7) is 4.55. The summed E-state index contributed by atoms with van der Waals surface area (Å²) >= 11 is 0. The Morgan fingerprint density at radius 3 is 2.46 bits per heavy atom. The maximum Gasteiger partial charge on any atom is 0.257 e. The van der Waals surface area contributed by atoms with Crippen LogP contribution in [0, 0.1) is 13.8 Å². The van der Waals surface area contributed by atoms with Crippen molar-refractivity contribution < 1.29 is 9.59 Å². The Morgan fingerprint density at radius 2 is 1.82 bits per heavy atom. The predicted octanol–water partition coefficient (Wildman–Crippen LogP) is 3.09. The summed E-state index contributed by atoms with van der Waals surface area (Å²) in [7, 11) is 1.61. The van der Waals surface area contributed by atoms with Gasteiger partial charge < -0.3 is 15.2 Å². The van der Waals surface area contributed by atoms with Gasteiger partial charge in [-0.1, -0.05) is 18.2 Å². The number of benzene rings is 1. The number of carbonyl (C=O) groups excluding carboxylic acids is 2. The Kier molecular flexibility index (Phi) is 5.89. The van der Waals surface area contributed by atoms with E-state index in [4.69, 9.17) is 0 Å². The number of anilines is 1.